The predicted molar refractivity (Wildman–Crippen MR) is 101 cm³/mol. The first-order valence-electron chi connectivity index (χ1n) is 8.19. The summed E-state index contributed by atoms with van der Waals surface area (Å²) in [6.07, 6.45) is 0. The number of rotatable bonds is 5. The number of aromatic nitrogens is 2. The number of amides is 1. The van der Waals surface area contributed by atoms with Crippen LogP contribution in [0.3, 0.4) is 0 Å². The molecule has 6 heteroatoms. The van der Waals surface area contributed by atoms with Gasteiger partial charge in [0.1, 0.15) is 11.4 Å². The molecule has 0 unspecified atom stereocenters. The Morgan fingerprint density at radius 3 is 2.62 bits per heavy atom. The van der Waals surface area contributed by atoms with Gasteiger partial charge in [-0.1, -0.05) is 42.0 Å². The molecule has 2 aromatic carbocycles. The summed E-state index contributed by atoms with van der Waals surface area (Å²) < 4.78 is 5.33. The lowest BCUT2D eigenvalue weighted by molar-refractivity contribution is 0.0950. The second-order valence-corrected chi connectivity index (χ2v) is 5.87. The van der Waals surface area contributed by atoms with E-state index < -0.39 is 0 Å². The third-order valence-electron chi connectivity index (χ3n) is 4.00. The maximum atomic E-state index is 12.3. The largest absolute Gasteiger partial charge is 0.496 e. The summed E-state index contributed by atoms with van der Waals surface area (Å²) in [6.45, 7) is 3.87. The number of methoxy groups -OCH3 is 1. The van der Waals surface area contributed by atoms with E-state index in [1.807, 2.05) is 62.4 Å². The molecule has 6 nitrogen and oxygen atoms in total. The van der Waals surface area contributed by atoms with E-state index in [0.717, 1.165) is 16.8 Å². The van der Waals surface area contributed by atoms with Gasteiger partial charge in [-0.25, -0.2) is 5.43 Å². The highest BCUT2D eigenvalue weighted by Crippen LogP contribution is 2.28. The van der Waals surface area contributed by atoms with E-state index in [-0.39, 0.29) is 5.91 Å². The fraction of sp³-hybridized carbons (Fsp3) is 0.150. The molecule has 0 aliphatic carbocycles. The van der Waals surface area contributed by atoms with Gasteiger partial charge in [-0.3, -0.25) is 9.89 Å². The van der Waals surface area contributed by atoms with E-state index in [2.05, 4.69) is 20.7 Å². The Bertz CT molecular complexity index is 942. The van der Waals surface area contributed by atoms with Crippen LogP contribution in [0, 0.1) is 6.92 Å². The van der Waals surface area contributed by atoms with E-state index in [0.29, 0.717) is 17.1 Å². The number of benzene rings is 2. The molecule has 0 bridgehead atoms. The summed E-state index contributed by atoms with van der Waals surface area (Å²) in [5.41, 5.74) is 7.17. The summed E-state index contributed by atoms with van der Waals surface area (Å²) in [6, 6.07) is 17.1. The number of hydrazone groups is 1. The van der Waals surface area contributed by atoms with E-state index in [1.54, 1.807) is 13.2 Å². The number of hydrogen-bond acceptors (Lipinski definition) is 4. The summed E-state index contributed by atoms with van der Waals surface area (Å²) in [7, 11) is 1.60. The lowest BCUT2D eigenvalue weighted by Crippen LogP contribution is -2.19. The Morgan fingerprint density at radius 2 is 1.88 bits per heavy atom. The van der Waals surface area contributed by atoms with Crippen LogP contribution in [-0.2, 0) is 0 Å². The van der Waals surface area contributed by atoms with Crippen molar-refractivity contribution in [1.29, 1.82) is 0 Å². The lowest BCUT2D eigenvalue weighted by Gasteiger charge is -2.04. The van der Waals surface area contributed by atoms with Crippen molar-refractivity contribution in [1.82, 2.24) is 15.6 Å². The highest BCUT2D eigenvalue weighted by atomic mass is 16.5. The summed E-state index contributed by atoms with van der Waals surface area (Å²) >= 11 is 0. The zero-order chi connectivity index (χ0) is 18.5. The molecule has 0 atom stereocenters. The molecule has 0 aliphatic rings. The average molecular weight is 348 g/mol. The van der Waals surface area contributed by atoms with E-state index in [9.17, 15) is 4.79 Å². The molecule has 1 heterocycles. The predicted octanol–water partition coefficient (Wildman–Crippen LogP) is 3.55. The number of H-pyrrole nitrogens is 1. The second kappa shape index (κ2) is 7.65. The van der Waals surface area contributed by atoms with Crippen molar-refractivity contribution >= 4 is 11.6 Å². The fourth-order valence-electron chi connectivity index (χ4n) is 2.49. The molecular weight excluding hydrogens is 328 g/mol. The van der Waals surface area contributed by atoms with Gasteiger partial charge < -0.3 is 4.74 Å². The number of hydrogen-bond donors (Lipinski definition) is 2. The van der Waals surface area contributed by atoms with Crippen LogP contribution in [0.5, 0.6) is 5.75 Å². The molecule has 132 valence electrons. The first-order chi connectivity index (χ1) is 12.6. The molecule has 0 spiro atoms. The van der Waals surface area contributed by atoms with Crippen molar-refractivity contribution < 1.29 is 9.53 Å². The quantitative estimate of drug-likeness (QED) is 0.547. The smallest absolute Gasteiger partial charge is 0.289 e. The number of carbonyl (C=O) groups excluding carboxylic acids is 1. The molecule has 3 rings (SSSR count). The van der Waals surface area contributed by atoms with Crippen molar-refractivity contribution in [3.63, 3.8) is 0 Å². The Hall–Kier alpha value is -3.41. The van der Waals surface area contributed by atoms with Gasteiger partial charge in [-0.15, -0.1) is 0 Å². The maximum absolute atomic E-state index is 12.3. The zero-order valence-electron chi connectivity index (χ0n) is 14.9. The first kappa shape index (κ1) is 17.4. The zero-order valence-corrected chi connectivity index (χ0v) is 14.9. The van der Waals surface area contributed by atoms with Crippen LogP contribution in [0.15, 0.2) is 59.7 Å². The van der Waals surface area contributed by atoms with Gasteiger partial charge in [0.25, 0.3) is 5.91 Å². The Balaban J connectivity index is 1.74. The van der Waals surface area contributed by atoms with Crippen molar-refractivity contribution in [2.45, 2.75) is 13.8 Å². The minimum atomic E-state index is -0.356. The number of nitrogens with one attached hydrogen (secondary N) is 2. The molecular formula is C20H20N4O2. The second-order valence-electron chi connectivity index (χ2n) is 5.87. The van der Waals surface area contributed by atoms with Crippen molar-refractivity contribution in [2.75, 3.05) is 7.11 Å². The standard InChI is InChI=1S/C20H20N4O2/c1-13-8-10-15(11-9-13)14(2)21-24-20(25)18-12-17(22-23-18)16-6-4-5-7-19(16)26-3/h4-12H,1-3H3,(H,22,23)(H,24,25). The minimum Gasteiger partial charge on any atom is -0.496 e. The van der Waals surface area contributed by atoms with E-state index in [1.165, 1.54) is 5.56 Å². The van der Waals surface area contributed by atoms with Crippen LogP contribution in [0.2, 0.25) is 0 Å². The normalized spacial score (nSPS) is 11.3. The van der Waals surface area contributed by atoms with Crippen molar-refractivity contribution in [2.24, 2.45) is 5.10 Å². The molecule has 26 heavy (non-hydrogen) atoms. The third-order valence-corrected chi connectivity index (χ3v) is 4.00. The number of carbonyl (C=O) groups is 1. The molecule has 1 amide bonds. The first-order valence-corrected chi connectivity index (χ1v) is 8.19. The number of aryl methyl sites for hydroxylation is 1. The van der Waals surface area contributed by atoms with Crippen molar-refractivity contribution in [3.8, 4) is 17.0 Å². The van der Waals surface area contributed by atoms with Crippen molar-refractivity contribution in [3.05, 3.63) is 71.4 Å². The van der Waals surface area contributed by atoms with E-state index in [4.69, 9.17) is 4.74 Å². The van der Waals surface area contributed by atoms with Crippen LogP contribution in [0.25, 0.3) is 11.3 Å². The number of nitrogens with zero attached hydrogens (tertiary/aromatic N) is 2. The number of ether oxygens (including phenoxy) is 1. The monoisotopic (exact) mass is 348 g/mol. The molecule has 0 aliphatic heterocycles. The van der Waals surface area contributed by atoms with E-state index >= 15 is 0 Å². The number of aromatic amines is 1. The van der Waals surface area contributed by atoms with Crippen LogP contribution in [0.4, 0.5) is 0 Å². The van der Waals surface area contributed by atoms with Gasteiger partial charge in [0.15, 0.2) is 0 Å². The summed E-state index contributed by atoms with van der Waals surface area (Å²) in [5, 5.41) is 11.1. The Morgan fingerprint density at radius 1 is 1.15 bits per heavy atom. The molecule has 0 saturated heterocycles. The van der Waals surface area contributed by atoms with Gasteiger partial charge in [0.2, 0.25) is 0 Å². The van der Waals surface area contributed by atoms with Gasteiger partial charge in [0, 0.05) is 5.56 Å². The van der Waals surface area contributed by atoms with Crippen LogP contribution >= 0.6 is 0 Å². The molecule has 0 radical (unpaired) electrons. The Labute approximate surface area is 151 Å². The van der Waals surface area contributed by atoms with Crippen LogP contribution in [-0.4, -0.2) is 28.9 Å². The van der Waals surface area contributed by atoms with Crippen LogP contribution in [0.1, 0.15) is 28.5 Å². The maximum Gasteiger partial charge on any atom is 0.289 e. The minimum absolute atomic E-state index is 0.325. The van der Waals surface area contributed by atoms with Crippen LogP contribution < -0.4 is 10.2 Å². The molecule has 2 N–H and O–H groups in total. The Kier molecular flexibility index (Phi) is 5.12. The molecule has 1 aromatic heterocycles. The molecule has 0 saturated carbocycles. The SMILES string of the molecule is COc1ccccc1-c1cc(C(=O)NN=C(C)c2ccc(C)cc2)[nH]n1. The molecule has 3 aromatic rings. The summed E-state index contributed by atoms with van der Waals surface area (Å²) in [5.74, 6) is 0.337. The number of para-hydroxylation sites is 1. The van der Waals surface area contributed by atoms with Gasteiger partial charge in [-0.05, 0) is 37.6 Å². The molecule has 0 fully saturated rings. The third kappa shape index (κ3) is 3.80. The average Bonchev–Trinajstić information content (AvgIpc) is 3.16. The van der Waals surface area contributed by atoms with Gasteiger partial charge in [0.05, 0.1) is 18.5 Å². The summed E-state index contributed by atoms with van der Waals surface area (Å²) in [4.78, 5) is 12.3. The lowest BCUT2D eigenvalue weighted by atomic mass is 10.1. The fourth-order valence-corrected chi connectivity index (χ4v) is 2.49. The highest BCUT2D eigenvalue weighted by Gasteiger charge is 2.13. The topological polar surface area (TPSA) is 79.4 Å². The van der Waals surface area contributed by atoms with Gasteiger partial charge in [-0.2, -0.15) is 10.2 Å². The van der Waals surface area contributed by atoms with Gasteiger partial charge >= 0.3 is 0 Å². The highest BCUT2D eigenvalue weighted by molar-refractivity contribution is 6.00.